The molecule has 0 fully saturated rings. The number of hydrogen-bond donors (Lipinski definition) is 4. The Balaban J connectivity index is 1.26. The number of benzene rings is 3. The van der Waals surface area contributed by atoms with E-state index >= 15 is 0 Å². The van der Waals surface area contributed by atoms with E-state index in [4.69, 9.17) is 9.84 Å². The molecular weight excluding hydrogens is 476 g/mol. The fourth-order valence-corrected chi connectivity index (χ4v) is 4.69. The van der Waals surface area contributed by atoms with Gasteiger partial charge in [0, 0.05) is 18.2 Å². The van der Waals surface area contributed by atoms with Gasteiger partial charge in [0.05, 0.1) is 6.42 Å². The highest BCUT2D eigenvalue weighted by molar-refractivity contribution is 7.80. The first-order valence-electron chi connectivity index (χ1n) is 11.8. The highest BCUT2D eigenvalue weighted by Gasteiger charge is 2.29. The van der Waals surface area contributed by atoms with E-state index in [1.54, 1.807) is 12.1 Å². The first kappa shape index (κ1) is 25.3. The summed E-state index contributed by atoms with van der Waals surface area (Å²) in [4.78, 5) is 35.9. The molecule has 4 rings (SSSR count). The van der Waals surface area contributed by atoms with Gasteiger partial charge in [-0.2, -0.15) is 12.6 Å². The molecule has 3 aromatic rings. The minimum Gasteiger partial charge on any atom is -0.481 e. The van der Waals surface area contributed by atoms with Crippen molar-refractivity contribution in [2.45, 2.75) is 24.8 Å². The van der Waals surface area contributed by atoms with Crippen molar-refractivity contribution in [1.29, 1.82) is 0 Å². The van der Waals surface area contributed by atoms with E-state index in [2.05, 4.69) is 35.4 Å². The number of aliphatic carboxylic acids is 1. The van der Waals surface area contributed by atoms with Crippen molar-refractivity contribution < 1.29 is 24.2 Å². The highest BCUT2D eigenvalue weighted by atomic mass is 32.1. The molecule has 0 aromatic heterocycles. The predicted octanol–water partition coefficient (Wildman–Crippen LogP) is 3.81. The fraction of sp³-hybridized carbons (Fsp3) is 0.250. The summed E-state index contributed by atoms with van der Waals surface area (Å²) in [6.45, 7) is 0.534. The lowest BCUT2D eigenvalue weighted by Crippen LogP contribution is -2.48. The minimum absolute atomic E-state index is 0.0256. The molecule has 1 atom stereocenters. The van der Waals surface area contributed by atoms with Crippen molar-refractivity contribution in [2.24, 2.45) is 0 Å². The number of carbonyl (C=O) groups excluding carboxylic acids is 2. The van der Waals surface area contributed by atoms with Crippen molar-refractivity contribution in [3.8, 4) is 11.1 Å². The molecule has 0 unspecified atom stereocenters. The maximum atomic E-state index is 12.6. The number of rotatable bonds is 10. The molecule has 186 valence electrons. The Morgan fingerprint density at radius 3 is 2.06 bits per heavy atom. The summed E-state index contributed by atoms with van der Waals surface area (Å²) in [5.41, 5.74) is 6.21. The Morgan fingerprint density at radius 2 is 1.47 bits per heavy atom. The lowest BCUT2D eigenvalue weighted by molar-refractivity contribution is -0.136. The third kappa shape index (κ3) is 6.07. The minimum atomic E-state index is -0.878. The number of thiol groups is 1. The quantitative estimate of drug-likeness (QED) is 0.314. The van der Waals surface area contributed by atoms with Crippen LogP contribution in [0.25, 0.3) is 11.1 Å². The number of alkyl carbamates (subject to hydrolysis) is 1. The van der Waals surface area contributed by atoms with Crippen LogP contribution in [0.15, 0.2) is 72.8 Å². The Labute approximate surface area is 215 Å². The molecule has 0 saturated carbocycles. The van der Waals surface area contributed by atoms with E-state index in [9.17, 15) is 14.4 Å². The molecule has 8 heteroatoms. The number of nitrogens with one attached hydrogen (secondary N) is 2. The average Bonchev–Trinajstić information content (AvgIpc) is 3.20. The number of carboxylic acid groups (broad SMARTS) is 1. The number of carboxylic acids is 1. The van der Waals surface area contributed by atoms with Crippen LogP contribution in [0.5, 0.6) is 0 Å². The molecule has 0 radical (unpaired) electrons. The summed E-state index contributed by atoms with van der Waals surface area (Å²) in [7, 11) is 0. The van der Waals surface area contributed by atoms with E-state index in [0.717, 1.165) is 33.4 Å². The van der Waals surface area contributed by atoms with Gasteiger partial charge in [0.1, 0.15) is 12.6 Å². The second-order valence-electron chi connectivity index (χ2n) is 8.63. The van der Waals surface area contributed by atoms with Gasteiger partial charge in [-0.3, -0.25) is 9.59 Å². The van der Waals surface area contributed by atoms with Gasteiger partial charge in [0.25, 0.3) is 0 Å². The summed E-state index contributed by atoms with van der Waals surface area (Å²) >= 11 is 4.21. The Morgan fingerprint density at radius 1 is 0.889 bits per heavy atom. The van der Waals surface area contributed by atoms with Crippen molar-refractivity contribution in [2.75, 3.05) is 18.9 Å². The predicted molar refractivity (Wildman–Crippen MR) is 140 cm³/mol. The number of amides is 2. The molecule has 36 heavy (non-hydrogen) atoms. The molecule has 3 aromatic carbocycles. The zero-order valence-corrected chi connectivity index (χ0v) is 20.5. The van der Waals surface area contributed by atoms with Gasteiger partial charge in [-0.1, -0.05) is 72.8 Å². The monoisotopic (exact) mass is 504 g/mol. The molecule has 1 aliphatic carbocycles. The third-order valence-corrected chi connectivity index (χ3v) is 6.59. The molecule has 0 spiro atoms. The first-order chi connectivity index (χ1) is 17.5. The van der Waals surface area contributed by atoms with E-state index in [0.29, 0.717) is 13.0 Å². The van der Waals surface area contributed by atoms with Gasteiger partial charge < -0.3 is 20.5 Å². The normalized spacial score (nSPS) is 12.8. The van der Waals surface area contributed by atoms with Crippen molar-refractivity contribution in [3.63, 3.8) is 0 Å². The maximum Gasteiger partial charge on any atom is 0.407 e. The lowest BCUT2D eigenvalue weighted by atomic mass is 9.98. The molecule has 0 heterocycles. The van der Waals surface area contributed by atoms with E-state index in [-0.39, 0.29) is 30.6 Å². The van der Waals surface area contributed by atoms with Gasteiger partial charge in [0.2, 0.25) is 5.91 Å². The Hall–Kier alpha value is -3.78. The summed E-state index contributed by atoms with van der Waals surface area (Å²) in [6.07, 6.45) is -0.119. The van der Waals surface area contributed by atoms with Gasteiger partial charge in [-0.25, -0.2) is 4.79 Å². The second kappa shape index (κ2) is 11.8. The molecule has 1 aliphatic rings. The molecule has 7 nitrogen and oxygen atoms in total. The Kier molecular flexibility index (Phi) is 8.28. The number of ether oxygens (including phenoxy) is 1. The number of fused-ring (bicyclic) bond motifs is 3. The molecule has 0 aliphatic heterocycles. The zero-order chi connectivity index (χ0) is 25.5. The summed E-state index contributed by atoms with van der Waals surface area (Å²) in [5, 5.41) is 14.3. The van der Waals surface area contributed by atoms with Crippen LogP contribution < -0.4 is 10.6 Å². The maximum absolute atomic E-state index is 12.6. The summed E-state index contributed by atoms with van der Waals surface area (Å²) in [5.74, 6) is -1.16. The molecule has 3 N–H and O–H groups in total. The van der Waals surface area contributed by atoms with Crippen LogP contribution in [0.2, 0.25) is 0 Å². The smallest absolute Gasteiger partial charge is 0.407 e. The van der Waals surface area contributed by atoms with Crippen LogP contribution in [0, 0.1) is 0 Å². The van der Waals surface area contributed by atoms with Crippen molar-refractivity contribution in [1.82, 2.24) is 10.6 Å². The van der Waals surface area contributed by atoms with E-state index in [1.165, 1.54) is 0 Å². The highest BCUT2D eigenvalue weighted by Crippen LogP contribution is 2.44. The van der Waals surface area contributed by atoms with Crippen LogP contribution >= 0.6 is 12.6 Å². The van der Waals surface area contributed by atoms with Crippen molar-refractivity contribution in [3.05, 3.63) is 95.1 Å². The van der Waals surface area contributed by atoms with Crippen molar-refractivity contribution >= 4 is 30.6 Å². The molecule has 2 amide bonds. The average molecular weight is 505 g/mol. The molecular formula is C28H28N2O5S. The Bertz CT molecular complexity index is 1200. The van der Waals surface area contributed by atoms with Crippen LogP contribution in [0.1, 0.15) is 28.2 Å². The van der Waals surface area contributed by atoms with Crippen LogP contribution in [0.3, 0.4) is 0 Å². The SMILES string of the molecule is O=C(O)Cc1ccc(CCNC(=O)[C@H](CS)NC(=O)OCC2c3ccccc3-c3ccccc32)cc1. The van der Waals surface area contributed by atoms with Crippen LogP contribution in [-0.4, -0.2) is 48.0 Å². The van der Waals surface area contributed by atoms with Gasteiger partial charge in [-0.15, -0.1) is 0 Å². The summed E-state index contributed by atoms with van der Waals surface area (Å²) in [6, 6.07) is 22.6. The second-order valence-corrected chi connectivity index (χ2v) is 9.00. The number of hydrogen-bond acceptors (Lipinski definition) is 5. The van der Waals surface area contributed by atoms with Crippen LogP contribution in [0.4, 0.5) is 4.79 Å². The zero-order valence-electron chi connectivity index (χ0n) is 19.6. The topological polar surface area (TPSA) is 105 Å². The van der Waals surface area contributed by atoms with Gasteiger partial charge >= 0.3 is 12.1 Å². The van der Waals surface area contributed by atoms with E-state index < -0.39 is 18.1 Å². The van der Waals surface area contributed by atoms with Gasteiger partial charge in [0.15, 0.2) is 0 Å². The largest absolute Gasteiger partial charge is 0.481 e. The number of carbonyl (C=O) groups is 3. The fourth-order valence-electron chi connectivity index (χ4n) is 4.43. The van der Waals surface area contributed by atoms with Crippen LogP contribution in [-0.2, 0) is 27.2 Å². The third-order valence-electron chi connectivity index (χ3n) is 6.23. The standard InChI is InChI=1S/C28H28N2O5S/c31-26(32)15-19-11-9-18(10-12-19)13-14-29-27(33)25(17-36)30-28(34)35-16-24-22-7-3-1-5-20(22)21-6-2-4-8-23(21)24/h1-12,24-25,36H,13-17H2,(H,29,33)(H,30,34)(H,31,32)/t25-/m0/s1. The molecule has 0 bridgehead atoms. The lowest BCUT2D eigenvalue weighted by Gasteiger charge is -2.18. The first-order valence-corrected chi connectivity index (χ1v) is 12.4. The molecule has 0 saturated heterocycles. The van der Waals surface area contributed by atoms with Gasteiger partial charge in [-0.05, 0) is 39.8 Å². The summed E-state index contributed by atoms with van der Waals surface area (Å²) < 4.78 is 5.53. The van der Waals surface area contributed by atoms with E-state index in [1.807, 2.05) is 48.5 Å².